The van der Waals surface area contributed by atoms with E-state index in [1.807, 2.05) is 30.3 Å². The highest BCUT2D eigenvalue weighted by atomic mass is 16.8. The highest BCUT2D eigenvalue weighted by Crippen LogP contribution is 2.38. The number of hydrogen-bond donors (Lipinski definition) is 6. The molecule has 370 valence electrons. The molecule has 6 rings (SSSR count). The molecular weight excluding hydrogens is 917 g/mol. The second-order valence-electron chi connectivity index (χ2n) is 16.3. The first-order valence-corrected chi connectivity index (χ1v) is 21.5. The van der Waals surface area contributed by atoms with Crippen LogP contribution in [0.1, 0.15) is 30.4 Å². The normalized spacial score (nSPS) is 34.5. The molecular formula is C39H50N16O14. The van der Waals surface area contributed by atoms with Crippen LogP contribution < -0.4 is 0 Å². The van der Waals surface area contributed by atoms with E-state index in [1.165, 1.54) is 0 Å². The third-order valence-corrected chi connectivity index (χ3v) is 12.1. The summed E-state index contributed by atoms with van der Waals surface area (Å²) in [7, 11) is 0. The van der Waals surface area contributed by atoms with E-state index >= 15 is 0 Å². The van der Waals surface area contributed by atoms with Crippen molar-refractivity contribution in [2.24, 2.45) is 25.6 Å². The van der Waals surface area contributed by atoms with Crippen LogP contribution in [0.5, 0.6) is 0 Å². The van der Waals surface area contributed by atoms with Crippen molar-refractivity contribution >= 4 is 6.09 Å². The highest BCUT2D eigenvalue weighted by Gasteiger charge is 2.55. The van der Waals surface area contributed by atoms with Gasteiger partial charge in [0.25, 0.3) is 0 Å². The number of ether oxygens (including phenoxy) is 7. The first-order chi connectivity index (χ1) is 33.5. The Morgan fingerprint density at radius 1 is 0.667 bits per heavy atom. The molecule has 3 aliphatic heterocycles. The lowest BCUT2D eigenvalue weighted by Crippen LogP contribution is -2.61. The van der Waals surface area contributed by atoms with E-state index in [-0.39, 0.29) is 39.0 Å². The Morgan fingerprint density at radius 3 is 1.91 bits per heavy atom. The standard InChI is InChI=1S/C39H50N16O14/c40-50-45-14-26-30(58)31(59)28(49-54-44)37(65-26)68-34-27(16-56)66-38(32(34)60)69-35-29(57)22(47-52-42)13-23(48-53-43)33(35)67-36-21(46-51-41)11-12-25(64-36)24(18-63-17-20-9-5-2-6-10-20)55(39(61)62)15-19-7-3-1-4-8-19/h1-10,21-38,56-60H,11-18H2,(H,61,62)/t21-,22-,23+,24?,25+,26+,27-,28-,29+,30-,31-,32-,33-,34-,35-,36-,37-,38+/m1/s1. The number of aliphatic hydroxyl groups excluding tert-OH is 5. The van der Waals surface area contributed by atoms with Crippen LogP contribution in [0.25, 0.3) is 52.2 Å². The molecule has 2 aromatic rings. The number of carbonyl (C=O) groups is 1. The van der Waals surface area contributed by atoms with Gasteiger partial charge in [0, 0.05) is 31.1 Å². The SMILES string of the molecule is [N-]=[N+]=NC[C@@H]1O[C@H](O[C@H]2[C@@H](O)[C@H](O[C@@H]3[C@@H](O)[C@H](N=[N+]=[N-])C[C@H](N=[N+]=[N-])[C@H]3O[C@H]3O[C@H](C(COCc4ccccc4)N(Cc4ccccc4)C(=O)O)CC[C@H]3N=[N+]=[N-])O[C@@H]2CO)[C@H](N=[N+]=[N-])[C@@H](O)[C@@H]1O. The van der Waals surface area contributed by atoms with Crippen molar-refractivity contribution in [2.45, 2.75) is 143 Å². The van der Waals surface area contributed by atoms with E-state index in [9.17, 15) is 57.6 Å². The molecule has 1 unspecified atom stereocenters. The number of amides is 1. The van der Waals surface area contributed by atoms with E-state index in [4.69, 9.17) is 38.7 Å². The van der Waals surface area contributed by atoms with Crippen molar-refractivity contribution in [2.75, 3.05) is 19.8 Å². The second kappa shape index (κ2) is 25.4. The van der Waals surface area contributed by atoms with Crippen molar-refractivity contribution in [1.82, 2.24) is 4.90 Å². The molecule has 6 N–H and O–H groups in total. The van der Waals surface area contributed by atoms with Crippen LogP contribution in [0.15, 0.2) is 86.2 Å². The topological polar surface area (TPSA) is 450 Å². The third-order valence-electron chi connectivity index (χ3n) is 12.1. The van der Waals surface area contributed by atoms with Crippen molar-refractivity contribution in [3.63, 3.8) is 0 Å². The molecule has 1 saturated carbocycles. The van der Waals surface area contributed by atoms with Gasteiger partial charge in [-0.3, -0.25) is 4.90 Å². The smallest absolute Gasteiger partial charge is 0.408 e. The van der Waals surface area contributed by atoms with Crippen LogP contribution in [0.3, 0.4) is 0 Å². The predicted molar refractivity (Wildman–Crippen MR) is 231 cm³/mol. The number of benzene rings is 2. The zero-order chi connectivity index (χ0) is 49.5. The van der Waals surface area contributed by atoms with Gasteiger partial charge in [-0.25, -0.2) is 4.79 Å². The summed E-state index contributed by atoms with van der Waals surface area (Å²) in [6.07, 6.45) is -22.7. The highest BCUT2D eigenvalue weighted by molar-refractivity contribution is 5.65. The predicted octanol–water partition coefficient (Wildman–Crippen LogP) is 3.73. The van der Waals surface area contributed by atoms with Crippen molar-refractivity contribution in [1.29, 1.82) is 0 Å². The molecule has 4 fully saturated rings. The van der Waals surface area contributed by atoms with E-state index in [2.05, 4.69) is 50.1 Å². The summed E-state index contributed by atoms with van der Waals surface area (Å²) in [5.41, 5.74) is 48.3. The average molecular weight is 967 g/mol. The summed E-state index contributed by atoms with van der Waals surface area (Å²) in [5.74, 6) is 0. The average Bonchev–Trinajstić information content (AvgIpc) is 3.65. The number of aliphatic hydroxyl groups is 5. The molecule has 3 saturated heterocycles. The van der Waals surface area contributed by atoms with Gasteiger partial charge in [-0.2, -0.15) is 0 Å². The number of nitrogens with zero attached hydrogens (tertiary/aromatic N) is 16. The van der Waals surface area contributed by atoms with E-state index in [0.29, 0.717) is 5.56 Å². The Hall–Kier alpha value is -6.22. The molecule has 4 aliphatic rings. The summed E-state index contributed by atoms with van der Waals surface area (Å²) in [6.45, 7) is -1.49. The first kappa shape index (κ1) is 52.2. The largest absolute Gasteiger partial charge is 0.465 e. The summed E-state index contributed by atoms with van der Waals surface area (Å²) >= 11 is 0. The van der Waals surface area contributed by atoms with E-state index in [1.54, 1.807) is 30.3 Å². The van der Waals surface area contributed by atoms with Gasteiger partial charge >= 0.3 is 6.09 Å². The fourth-order valence-corrected chi connectivity index (χ4v) is 8.68. The fraction of sp³-hybridized carbons (Fsp3) is 0.667. The Kier molecular flexibility index (Phi) is 19.2. The van der Waals surface area contributed by atoms with E-state index in [0.717, 1.165) is 10.5 Å². The zero-order valence-corrected chi connectivity index (χ0v) is 36.4. The maximum absolute atomic E-state index is 13.0. The van der Waals surface area contributed by atoms with Crippen LogP contribution in [-0.2, 0) is 46.3 Å². The van der Waals surface area contributed by atoms with Crippen LogP contribution in [0.2, 0.25) is 0 Å². The van der Waals surface area contributed by atoms with Crippen LogP contribution >= 0.6 is 0 Å². The second-order valence-corrected chi connectivity index (χ2v) is 16.3. The van der Waals surface area contributed by atoms with Crippen LogP contribution in [-0.4, -0.2) is 172 Å². The van der Waals surface area contributed by atoms with Gasteiger partial charge in [0.05, 0.1) is 81.1 Å². The van der Waals surface area contributed by atoms with Gasteiger partial charge < -0.3 is 63.8 Å². The van der Waals surface area contributed by atoms with Gasteiger partial charge in [0.15, 0.2) is 18.9 Å². The van der Waals surface area contributed by atoms with Crippen molar-refractivity contribution < 1.29 is 68.6 Å². The third kappa shape index (κ3) is 12.9. The molecule has 18 atom stereocenters. The van der Waals surface area contributed by atoms with Gasteiger partial charge in [-0.05, 0) is 58.0 Å². The fourth-order valence-electron chi connectivity index (χ4n) is 8.68. The number of hydrogen-bond acceptors (Lipinski definition) is 18. The van der Waals surface area contributed by atoms with Gasteiger partial charge in [0.2, 0.25) is 0 Å². The van der Waals surface area contributed by atoms with Gasteiger partial charge in [-0.1, -0.05) is 86.2 Å². The molecule has 3 heterocycles. The van der Waals surface area contributed by atoms with Crippen LogP contribution in [0, 0.1) is 0 Å². The quantitative estimate of drug-likeness (QED) is 0.0590. The molecule has 2 aromatic carbocycles. The molecule has 1 amide bonds. The van der Waals surface area contributed by atoms with Crippen molar-refractivity contribution in [3.8, 4) is 0 Å². The molecule has 0 radical (unpaired) electrons. The minimum absolute atomic E-state index is 0.0683. The zero-order valence-electron chi connectivity index (χ0n) is 36.4. The van der Waals surface area contributed by atoms with Crippen molar-refractivity contribution in [3.05, 3.63) is 124 Å². The molecule has 69 heavy (non-hydrogen) atoms. The minimum atomic E-state index is -1.92. The molecule has 0 bridgehead atoms. The lowest BCUT2D eigenvalue weighted by molar-refractivity contribution is -0.292. The number of azide groups is 5. The molecule has 30 nitrogen and oxygen atoms in total. The molecule has 0 aromatic heterocycles. The van der Waals surface area contributed by atoms with Gasteiger partial charge in [0.1, 0.15) is 36.6 Å². The summed E-state index contributed by atoms with van der Waals surface area (Å²) < 4.78 is 42.7. The summed E-state index contributed by atoms with van der Waals surface area (Å²) in [4.78, 5) is 28.1. The Bertz CT molecular complexity index is 2250. The van der Waals surface area contributed by atoms with E-state index < -0.39 is 129 Å². The molecule has 30 heteroatoms. The Labute approximate surface area is 390 Å². The lowest BCUT2D eigenvalue weighted by atomic mass is 9.84. The van der Waals surface area contributed by atoms with Gasteiger partial charge in [-0.15, -0.1) is 0 Å². The summed E-state index contributed by atoms with van der Waals surface area (Å²) in [6, 6.07) is 11.5. The first-order valence-electron chi connectivity index (χ1n) is 21.5. The van der Waals surface area contributed by atoms with Crippen LogP contribution in [0.4, 0.5) is 4.79 Å². The number of carboxylic acid groups (broad SMARTS) is 1. The Morgan fingerprint density at radius 2 is 1.28 bits per heavy atom. The Balaban J connectivity index is 1.30. The lowest BCUT2D eigenvalue weighted by Gasteiger charge is -2.46. The monoisotopic (exact) mass is 966 g/mol. The maximum atomic E-state index is 13.0. The molecule has 0 spiro atoms. The number of rotatable bonds is 21. The summed E-state index contributed by atoms with van der Waals surface area (Å²) in [5, 5.41) is 84.0. The maximum Gasteiger partial charge on any atom is 0.408 e. The minimum Gasteiger partial charge on any atom is -0.465 e. The molecule has 1 aliphatic carbocycles.